The van der Waals surface area contributed by atoms with E-state index < -0.39 is 5.79 Å². The molecule has 0 aromatic heterocycles. The highest BCUT2D eigenvalue weighted by molar-refractivity contribution is 4.81. The molecule has 0 radical (unpaired) electrons. The molecular formula is C11H22O2. The van der Waals surface area contributed by atoms with Crippen molar-refractivity contribution in [2.24, 2.45) is 5.41 Å². The molecule has 1 heterocycles. The van der Waals surface area contributed by atoms with E-state index >= 15 is 0 Å². The van der Waals surface area contributed by atoms with Gasteiger partial charge in [-0.15, -0.1) is 0 Å². The molecule has 0 spiro atoms. The predicted molar refractivity (Wildman–Crippen MR) is 53.6 cm³/mol. The molecule has 2 heteroatoms. The van der Waals surface area contributed by atoms with Crippen molar-refractivity contribution in [3.8, 4) is 0 Å². The van der Waals surface area contributed by atoms with Gasteiger partial charge in [0, 0.05) is 0 Å². The van der Waals surface area contributed by atoms with Crippen molar-refractivity contribution in [3.05, 3.63) is 0 Å². The first kappa shape index (κ1) is 11.0. The van der Waals surface area contributed by atoms with Gasteiger partial charge in [-0.25, -0.2) is 0 Å². The molecule has 1 saturated heterocycles. The molecule has 13 heavy (non-hydrogen) atoms. The van der Waals surface area contributed by atoms with Gasteiger partial charge in [0.2, 0.25) is 0 Å². The third-order valence-corrected chi connectivity index (χ3v) is 3.04. The van der Waals surface area contributed by atoms with Crippen LogP contribution < -0.4 is 0 Å². The van der Waals surface area contributed by atoms with Crippen LogP contribution in [0.15, 0.2) is 0 Å². The SMILES string of the molecule is CCC(C)(C)[C@@H]1CCOC(C)(C)O1. The quantitative estimate of drug-likeness (QED) is 0.660. The van der Waals surface area contributed by atoms with Gasteiger partial charge in [0.25, 0.3) is 0 Å². The Balaban J connectivity index is 2.61. The standard InChI is InChI=1S/C11H22O2/c1-6-10(2,3)9-7-8-12-11(4,5)13-9/h9H,6-8H2,1-5H3/t9-/m0/s1. The van der Waals surface area contributed by atoms with Crippen LogP contribution in [-0.4, -0.2) is 18.5 Å². The molecule has 1 atom stereocenters. The Morgan fingerprint density at radius 1 is 1.38 bits per heavy atom. The zero-order valence-corrected chi connectivity index (χ0v) is 9.52. The van der Waals surface area contributed by atoms with Gasteiger partial charge < -0.3 is 9.47 Å². The summed E-state index contributed by atoms with van der Waals surface area (Å²) >= 11 is 0. The summed E-state index contributed by atoms with van der Waals surface area (Å²) < 4.78 is 11.4. The van der Waals surface area contributed by atoms with Gasteiger partial charge in [0.1, 0.15) is 0 Å². The van der Waals surface area contributed by atoms with Gasteiger partial charge in [-0.3, -0.25) is 0 Å². The second-order valence-electron chi connectivity index (χ2n) is 4.99. The van der Waals surface area contributed by atoms with Gasteiger partial charge in [0.05, 0.1) is 12.7 Å². The zero-order chi connectivity index (χ0) is 10.1. The largest absolute Gasteiger partial charge is 0.350 e. The molecule has 1 aliphatic rings. The summed E-state index contributed by atoms with van der Waals surface area (Å²) in [5.41, 5.74) is 0.265. The average molecular weight is 186 g/mol. The Hall–Kier alpha value is -0.0800. The molecule has 0 aromatic rings. The molecule has 1 fully saturated rings. The summed E-state index contributed by atoms with van der Waals surface area (Å²) in [6, 6.07) is 0. The first-order valence-electron chi connectivity index (χ1n) is 5.19. The van der Waals surface area contributed by atoms with E-state index in [1.54, 1.807) is 0 Å². The van der Waals surface area contributed by atoms with E-state index in [-0.39, 0.29) is 5.41 Å². The van der Waals surface area contributed by atoms with E-state index in [0.29, 0.717) is 6.10 Å². The lowest BCUT2D eigenvalue weighted by Crippen LogP contribution is -2.45. The van der Waals surface area contributed by atoms with Crippen LogP contribution in [0.25, 0.3) is 0 Å². The molecule has 78 valence electrons. The Bertz CT molecular complexity index is 173. The van der Waals surface area contributed by atoms with E-state index in [9.17, 15) is 0 Å². The van der Waals surface area contributed by atoms with Gasteiger partial charge in [-0.05, 0) is 32.1 Å². The van der Waals surface area contributed by atoms with Crippen LogP contribution in [0, 0.1) is 5.41 Å². The van der Waals surface area contributed by atoms with Gasteiger partial charge in [-0.2, -0.15) is 0 Å². The molecule has 0 aromatic carbocycles. The fraction of sp³-hybridized carbons (Fsp3) is 1.00. The molecule has 0 bridgehead atoms. The summed E-state index contributed by atoms with van der Waals surface area (Å²) in [5, 5.41) is 0. The van der Waals surface area contributed by atoms with Gasteiger partial charge >= 0.3 is 0 Å². The minimum atomic E-state index is -0.393. The number of hydrogen-bond acceptors (Lipinski definition) is 2. The van der Waals surface area contributed by atoms with Crippen LogP contribution in [0.2, 0.25) is 0 Å². The van der Waals surface area contributed by atoms with Crippen molar-refractivity contribution in [2.45, 2.75) is 59.4 Å². The third-order valence-electron chi connectivity index (χ3n) is 3.04. The van der Waals surface area contributed by atoms with Crippen LogP contribution in [-0.2, 0) is 9.47 Å². The Morgan fingerprint density at radius 3 is 2.46 bits per heavy atom. The van der Waals surface area contributed by atoms with Crippen LogP contribution >= 0.6 is 0 Å². The zero-order valence-electron chi connectivity index (χ0n) is 9.52. The monoisotopic (exact) mass is 186 g/mol. The summed E-state index contributed by atoms with van der Waals surface area (Å²) in [5.74, 6) is -0.393. The van der Waals surface area contributed by atoms with Crippen molar-refractivity contribution in [1.29, 1.82) is 0 Å². The fourth-order valence-corrected chi connectivity index (χ4v) is 1.63. The topological polar surface area (TPSA) is 18.5 Å². The Morgan fingerprint density at radius 2 is 2.00 bits per heavy atom. The molecule has 1 aliphatic heterocycles. The first-order chi connectivity index (χ1) is 5.87. The van der Waals surface area contributed by atoms with Crippen molar-refractivity contribution in [2.75, 3.05) is 6.61 Å². The molecule has 0 aliphatic carbocycles. The smallest absolute Gasteiger partial charge is 0.163 e. The highest BCUT2D eigenvalue weighted by atomic mass is 16.7. The summed E-state index contributed by atoms with van der Waals surface area (Å²) in [6.07, 6.45) is 2.50. The first-order valence-corrected chi connectivity index (χ1v) is 5.19. The van der Waals surface area contributed by atoms with Gasteiger partial charge in [0.15, 0.2) is 5.79 Å². The van der Waals surface area contributed by atoms with E-state index in [2.05, 4.69) is 20.8 Å². The second-order valence-corrected chi connectivity index (χ2v) is 4.99. The lowest BCUT2D eigenvalue weighted by Gasteiger charge is -2.43. The minimum Gasteiger partial charge on any atom is -0.350 e. The molecule has 0 unspecified atom stereocenters. The summed E-state index contributed by atoms with van der Waals surface area (Å²) in [4.78, 5) is 0. The Labute approximate surface area is 81.6 Å². The highest BCUT2D eigenvalue weighted by Crippen LogP contribution is 2.35. The normalized spacial score (nSPS) is 28.8. The van der Waals surface area contributed by atoms with E-state index in [4.69, 9.17) is 9.47 Å². The maximum Gasteiger partial charge on any atom is 0.163 e. The molecule has 2 nitrogen and oxygen atoms in total. The lowest BCUT2D eigenvalue weighted by atomic mass is 9.82. The molecule has 1 rings (SSSR count). The van der Waals surface area contributed by atoms with E-state index in [0.717, 1.165) is 19.4 Å². The molecule has 0 amide bonds. The van der Waals surface area contributed by atoms with Crippen molar-refractivity contribution in [3.63, 3.8) is 0 Å². The summed E-state index contributed by atoms with van der Waals surface area (Å²) in [6.45, 7) is 11.5. The predicted octanol–water partition coefficient (Wildman–Crippen LogP) is 2.96. The van der Waals surface area contributed by atoms with Crippen LogP contribution in [0.1, 0.15) is 47.5 Å². The maximum absolute atomic E-state index is 5.91. The second kappa shape index (κ2) is 3.58. The maximum atomic E-state index is 5.91. The van der Waals surface area contributed by atoms with E-state index in [1.807, 2.05) is 13.8 Å². The van der Waals surface area contributed by atoms with E-state index in [1.165, 1.54) is 0 Å². The van der Waals surface area contributed by atoms with Crippen LogP contribution in [0.4, 0.5) is 0 Å². The number of ether oxygens (including phenoxy) is 2. The minimum absolute atomic E-state index is 0.265. The average Bonchev–Trinajstić information content (AvgIpc) is 2.03. The van der Waals surface area contributed by atoms with Crippen molar-refractivity contribution >= 4 is 0 Å². The van der Waals surface area contributed by atoms with Crippen LogP contribution in [0.3, 0.4) is 0 Å². The third kappa shape index (κ3) is 2.68. The number of hydrogen-bond donors (Lipinski definition) is 0. The molecular weight excluding hydrogens is 164 g/mol. The van der Waals surface area contributed by atoms with Crippen molar-refractivity contribution < 1.29 is 9.47 Å². The van der Waals surface area contributed by atoms with Crippen LogP contribution in [0.5, 0.6) is 0 Å². The molecule has 0 saturated carbocycles. The van der Waals surface area contributed by atoms with Gasteiger partial charge in [-0.1, -0.05) is 20.8 Å². The summed E-state index contributed by atoms with van der Waals surface area (Å²) in [7, 11) is 0. The Kier molecular flexibility index (Phi) is 3.03. The fourth-order valence-electron chi connectivity index (χ4n) is 1.63. The highest BCUT2D eigenvalue weighted by Gasteiger charge is 2.37. The molecule has 0 N–H and O–H groups in total. The number of rotatable bonds is 2. The lowest BCUT2D eigenvalue weighted by molar-refractivity contribution is -0.291. The van der Waals surface area contributed by atoms with Crippen molar-refractivity contribution in [1.82, 2.24) is 0 Å².